The molecule has 0 aliphatic carbocycles. The quantitative estimate of drug-likeness (QED) is 0.795. The summed E-state index contributed by atoms with van der Waals surface area (Å²) in [6.45, 7) is 2.70. The van der Waals surface area contributed by atoms with Crippen LogP contribution in [0.25, 0.3) is 6.08 Å². The Balaban J connectivity index is 2.26. The van der Waals surface area contributed by atoms with Gasteiger partial charge in [0.25, 0.3) is 0 Å². The summed E-state index contributed by atoms with van der Waals surface area (Å²) in [5, 5.41) is 8.78. The van der Waals surface area contributed by atoms with Gasteiger partial charge in [-0.2, -0.15) is 0 Å². The number of nitrogens with zero attached hydrogens (tertiary/aromatic N) is 1. The third kappa shape index (κ3) is 4.34. The van der Waals surface area contributed by atoms with Gasteiger partial charge in [0, 0.05) is 29.6 Å². The third-order valence-corrected chi connectivity index (χ3v) is 2.82. The molecule has 22 heavy (non-hydrogen) atoms. The van der Waals surface area contributed by atoms with Crippen LogP contribution in [0.15, 0.2) is 48.8 Å². The zero-order chi connectivity index (χ0) is 15.8. The van der Waals surface area contributed by atoms with E-state index in [1.165, 1.54) is 6.08 Å². The Morgan fingerprint density at radius 1 is 1.27 bits per heavy atom. The standard InChI is InChI=1S/C17H17NO4/c1-2-21-15-7-3-6-14(8-9-16(19)20)17(15)22-12-13-5-4-10-18-11-13/h3-11H,2,12H2,1H3,(H,19,20). The van der Waals surface area contributed by atoms with Crippen LogP contribution < -0.4 is 9.47 Å². The fourth-order valence-corrected chi connectivity index (χ4v) is 1.89. The van der Waals surface area contributed by atoms with Crippen molar-refractivity contribution in [2.75, 3.05) is 6.61 Å². The van der Waals surface area contributed by atoms with Crippen molar-refractivity contribution in [1.29, 1.82) is 0 Å². The van der Waals surface area contributed by atoms with Gasteiger partial charge < -0.3 is 14.6 Å². The van der Waals surface area contributed by atoms with E-state index in [1.54, 1.807) is 30.6 Å². The van der Waals surface area contributed by atoms with Gasteiger partial charge in [0.15, 0.2) is 11.5 Å². The van der Waals surface area contributed by atoms with Crippen LogP contribution >= 0.6 is 0 Å². The molecule has 0 saturated carbocycles. The van der Waals surface area contributed by atoms with Crippen LogP contribution in [-0.2, 0) is 11.4 Å². The molecule has 0 amide bonds. The van der Waals surface area contributed by atoms with E-state index in [9.17, 15) is 4.79 Å². The van der Waals surface area contributed by atoms with Crippen molar-refractivity contribution in [3.63, 3.8) is 0 Å². The molecular weight excluding hydrogens is 282 g/mol. The van der Waals surface area contributed by atoms with Gasteiger partial charge in [0.1, 0.15) is 6.61 Å². The minimum absolute atomic E-state index is 0.325. The number of carbonyl (C=O) groups is 1. The van der Waals surface area contributed by atoms with Gasteiger partial charge >= 0.3 is 5.97 Å². The van der Waals surface area contributed by atoms with Crippen molar-refractivity contribution >= 4 is 12.0 Å². The normalized spacial score (nSPS) is 10.6. The second kappa shape index (κ2) is 7.83. The lowest BCUT2D eigenvalue weighted by molar-refractivity contribution is -0.131. The molecule has 0 saturated heterocycles. The molecule has 1 N–H and O–H groups in total. The second-order valence-corrected chi connectivity index (χ2v) is 4.43. The predicted molar refractivity (Wildman–Crippen MR) is 82.8 cm³/mol. The predicted octanol–water partition coefficient (Wildman–Crippen LogP) is 3.16. The molecule has 0 spiro atoms. The maximum atomic E-state index is 10.7. The molecule has 5 nitrogen and oxygen atoms in total. The van der Waals surface area contributed by atoms with Gasteiger partial charge in [-0.3, -0.25) is 4.98 Å². The molecule has 114 valence electrons. The highest BCUT2D eigenvalue weighted by atomic mass is 16.5. The summed E-state index contributed by atoms with van der Waals surface area (Å²) in [4.78, 5) is 14.7. The van der Waals surface area contributed by atoms with E-state index < -0.39 is 5.97 Å². The number of ether oxygens (including phenoxy) is 2. The maximum absolute atomic E-state index is 10.7. The molecule has 0 bridgehead atoms. The summed E-state index contributed by atoms with van der Waals surface area (Å²) in [5.41, 5.74) is 1.57. The lowest BCUT2D eigenvalue weighted by Gasteiger charge is -2.14. The first-order valence-electron chi connectivity index (χ1n) is 6.89. The number of carboxylic acids is 1. The summed E-state index contributed by atoms with van der Waals surface area (Å²) in [7, 11) is 0. The Kier molecular flexibility index (Phi) is 5.54. The average molecular weight is 299 g/mol. The van der Waals surface area contributed by atoms with Gasteiger partial charge in [0.05, 0.1) is 6.61 Å². The molecule has 1 aromatic carbocycles. The van der Waals surface area contributed by atoms with Crippen LogP contribution in [-0.4, -0.2) is 22.7 Å². The number of rotatable bonds is 7. The van der Waals surface area contributed by atoms with E-state index >= 15 is 0 Å². The third-order valence-electron chi connectivity index (χ3n) is 2.82. The number of aliphatic carboxylic acids is 1. The van der Waals surface area contributed by atoms with Crippen molar-refractivity contribution in [3.05, 3.63) is 59.9 Å². The lowest BCUT2D eigenvalue weighted by atomic mass is 10.1. The number of benzene rings is 1. The molecule has 1 aromatic heterocycles. The second-order valence-electron chi connectivity index (χ2n) is 4.43. The Morgan fingerprint density at radius 2 is 2.14 bits per heavy atom. The van der Waals surface area contributed by atoms with Crippen LogP contribution in [0.1, 0.15) is 18.1 Å². The Bertz CT molecular complexity index is 653. The number of hydrogen-bond donors (Lipinski definition) is 1. The summed E-state index contributed by atoms with van der Waals surface area (Å²) in [6, 6.07) is 9.10. The zero-order valence-electron chi connectivity index (χ0n) is 12.2. The molecule has 2 aromatic rings. The molecule has 0 aliphatic rings. The van der Waals surface area contributed by atoms with Gasteiger partial charge in [-0.05, 0) is 25.1 Å². The Labute approximate surface area is 128 Å². The van der Waals surface area contributed by atoms with Gasteiger partial charge in [0.2, 0.25) is 0 Å². The summed E-state index contributed by atoms with van der Waals surface area (Å²) >= 11 is 0. The van der Waals surface area contributed by atoms with E-state index in [2.05, 4.69) is 4.98 Å². The number of hydrogen-bond acceptors (Lipinski definition) is 4. The first-order valence-corrected chi connectivity index (χ1v) is 6.89. The molecule has 2 rings (SSSR count). The Hall–Kier alpha value is -2.82. The van der Waals surface area contributed by atoms with Gasteiger partial charge in [-0.1, -0.05) is 18.2 Å². The number of aromatic nitrogens is 1. The largest absolute Gasteiger partial charge is 0.490 e. The fraction of sp³-hybridized carbons (Fsp3) is 0.176. The molecule has 0 atom stereocenters. The molecule has 0 aliphatic heterocycles. The van der Waals surface area contributed by atoms with Crippen molar-refractivity contribution in [2.45, 2.75) is 13.5 Å². The first kappa shape index (κ1) is 15.6. The monoisotopic (exact) mass is 299 g/mol. The topological polar surface area (TPSA) is 68.7 Å². The smallest absolute Gasteiger partial charge is 0.328 e. The van der Waals surface area contributed by atoms with Crippen LogP contribution in [0.5, 0.6) is 11.5 Å². The van der Waals surface area contributed by atoms with E-state index in [1.807, 2.05) is 19.1 Å². The first-order chi connectivity index (χ1) is 10.7. The zero-order valence-corrected chi connectivity index (χ0v) is 12.2. The highest BCUT2D eigenvalue weighted by molar-refractivity contribution is 5.86. The number of pyridine rings is 1. The molecule has 0 radical (unpaired) electrons. The van der Waals surface area contributed by atoms with Crippen molar-refractivity contribution in [1.82, 2.24) is 4.98 Å². The summed E-state index contributed by atoms with van der Waals surface area (Å²) in [5.74, 6) is 0.0876. The van der Waals surface area contributed by atoms with Gasteiger partial charge in [-0.15, -0.1) is 0 Å². The van der Waals surface area contributed by atoms with Crippen LogP contribution in [0.2, 0.25) is 0 Å². The minimum atomic E-state index is -1.01. The highest BCUT2D eigenvalue weighted by Gasteiger charge is 2.10. The van der Waals surface area contributed by atoms with E-state index in [0.29, 0.717) is 30.3 Å². The minimum Gasteiger partial charge on any atom is -0.490 e. The van der Waals surface area contributed by atoms with Gasteiger partial charge in [-0.25, -0.2) is 4.79 Å². The molecule has 5 heteroatoms. The number of para-hydroxylation sites is 1. The van der Waals surface area contributed by atoms with Crippen LogP contribution in [0.4, 0.5) is 0 Å². The Morgan fingerprint density at radius 3 is 2.82 bits per heavy atom. The van der Waals surface area contributed by atoms with Crippen molar-refractivity contribution < 1.29 is 19.4 Å². The average Bonchev–Trinajstić information content (AvgIpc) is 2.53. The van der Waals surface area contributed by atoms with Crippen molar-refractivity contribution in [3.8, 4) is 11.5 Å². The highest BCUT2D eigenvalue weighted by Crippen LogP contribution is 2.33. The molecule has 0 unspecified atom stereocenters. The molecular formula is C17H17NO4. The lowest BCUT2D eigenvalue weighted by Crippen LogP contribution is -2.01. The van der Waals surface area contributed by atoms with E-state index in [-0.39, 0.29) is 0 Å². The van der Waals surface area contributed by atoms with E-state index in [4.69, 9.17) is 14.6 Å². The van der Waals surface area contributed by atoms with Crippen molar-refractivity contribution in [2.24, 2.45) is 0 Å². The fourth-order valence-electron chi connectivity index (χ4n) is 1.89. The van der Waals surface area contributed by atoms with Crippen LogP contribution in [0, 0.1) is 0 Å². The molecule has 1 heterocycles. The summed E-state index contributed by atoms with van der Waals surface area (Å²) in [6.07, 6.45) is 5.97. The molecule has 0 fully saturated rings. The SMILES string of the molecule is CCOc1cccc(C=CC(=O)O)c1OCc1cccnc1. The number of carboxylic acid groups (broad SMARTS) is 1. The van der Waals surface area contributed by atoms with E-state index in [0.717, 1.165) is 11.6 Å². The summed E-state index contributed by atoms with van der Waals surface area (Å²) < 4.78 is 11.4. The van der Waals surface area contributed by atoms with Crippen LogP contribution in [0.3, 0.4) is 0 Å². The maximum Gasteiger partial charge on any atom is 0.328 e.